The lowest BCUT2D eigenvalue weighted by molar-refractivity contribution is -0.121. The number of amidine groups is 1. The summed E-state index contributed by atoms with van der Waals surface area (Å²) in [5.41, 5.74) is 3.13. The highest BCUT2D eigenvalue weighted by molar-refractivity contribution is 8.14. The molecule has 0 spiro atoms. The summed E-state index contributed by atoms with van der Waals surface area (Å²) >= 11 is 1.65. The van der Waals surface area contributed by atoms with Crippen molar-refractivity contribution in [2.45, 2.75) is 12.2 Å². The van der Waals surface area contributed by atoms with E-state index >= 15 is 0 Å². The zero-order valence-electron chi connectivity index (χ0n) is 15.0. The number of carbonyl (C=O) groups excluding carboxylic acids is 1. The summed E-state index contributed by atoms with van der Waals surface area (Å²) in [5, 5.41) is 0.755. The Morgan fingerprint density at radius 1 is 0.778 bits per heavy atom. The molecule has 4 heteroatoms. The molecule has 3 nitrogen and oxygen atoms in total. The van der Waals surface area contributed by atoms with Crippen molar-refractivity contribution in [3.63, 3.8) is 0 Å². The molecule has 0 saturated heterocycles. The van der Waals surface area contributed by atoms with Gasteiger partial charge in [0.2, 0.25) is 0 Å². The second-order valence-corrected chi connectivity index (χ2v) is 7.59. The van der Waals surface area contributed by atoms with Gasteiger partial charge in [-0.2, -0.15) is 4.99 Å². The number of anilines is 2. The first kappa shape index (κ1) is 17.6. The molecule has 0 bridgehead atoms. The summed E-state index contributed by atoms with van der Waals surface area (Å²) in [4.78, 5) is 19.2. The number of nitrogens with zero attached hydrogens (tertiary/aromatic N) is 2. The Bertz CT molecular complexity index is 902. The maximum atomic E-state index is 12.7. The predicted octanol–water partition coefficient (Wildman–Crippen LogP) is 5.83. The van der Waals surface area contributed by atoms with E-state index in [1.165, 1.54) is 0 Å². The van der Waals surface area contributed by atoms with Crippen molar-refractivity contribution in [3.05, 3.63) is 96.6 Å². The van der Waals surface area contributed by atoms with Gasteiger partial charge in [-0.3, -0.25) is 9.69 Å². The van der Waals surface area contributed by atoms with Gasteiger partial charge in [-0.1, -0.05) is 85.4 Å². The SMILES string of the molecule is CC1C(=O)N=C(N(c2ccccc2)c2ccccc2)SC1c1ccccc1. The van der Waals surface area contributed by atoms with Crippen molar-refractivity contribution in [1.82, 2.24) is 0 Å². The van der Waals surface area contributed by atoms with Crippen LogP contribution in [0.25, 0.3) is 0 Å². The first-order valence-corrected chi connectivity index (χ1v) is 9.86. The van der Waals surface area contributed by atoms with Crippen LogP contribution in [0.3, 0.4) is 0 Å². The molecule has 0 aromatic heterocycles. The fourth-order valence-electron chi connectivity index (χ4n) is 3.19. The van der Waals surface area contributed by atoms with Gasteiger partial charge in [0.25, 0.3) is 5.91 Å². The lowest BCUT2D eigenvalue weighted by Gasteiger charge is -2.33. The predicted molar refractivity (Wildman–Crippen MR) is 113 cm³/mol. The number of amides is 1. The lowest BCUT2D eigenvalue weighted by atomic mass is 10.00. The van der Waals surface area contributed by atoms with E-state index in [1.807, 2.05) is 85.8 Å². The third kappa shape index (κ3) is 3.67. The van der Waals surface area contributed by atoms with E-state index in [0.29, 0.717) is 5.17 Å². The molecule has 1 heterocycles. The van der Waals surface area contributed by atoms with Gasteiger partial charge >= 0.3 is 0 Å². The minimum absolute atomic E-state index is 0.0427. The van der Waals surface area contributed by atoms with Crippen molar-refractivity contribution in [3.8, 4) is 0 Å². The summed E-state index contributed by atoms with van der Waals surface area (Å²) in [6.07, 6.45) is 0. The Balaban J connectivity index is 1.78. The second kappa shape index (κ2) is 7.80. The molecular formula is C23H20N2OS. The zero-order chi connectivity index (χ0) is 18.6. The van der Waals surface area contributed by atoms with Crippen LogP contribution < -0.4 is 4.90 Å². The molecule has 1 aliphatic heterocycles. The Kier molecular flexibility index (Phi) is 5.07. The molecule has 0 radical (unpaired) electrons. The number of aliphatic imine (C=N–C) groups is 1. The van der Waals surface area contributed by atoms with Gasteiger partial charge < -0.3 is 0 Å². The molecular weight excluding hydrogens is 352 g/mol. The quantitative estimate of drug-likeness (QED) is 0.580. The summed E-state index contributed by atoms with van der Waals surface area (Å²) in [5.74, 6) is -0.232. The van der Waals surface area contributed by atoms with E-state index in [2.05, 4.69) is 22.0 Å². The summed E-state index contributed by atoms with van der Waals surface area (Å²) < 4.78 is 0. The highest BCUT2D eigenvalue weighted by atomic mass is 32.2. The lowest BCUT2D eigenvalue weighted by Crippen LogP contribution is -2.32. The van der Waals surface area contributed by atoms with Crippen molar-refractivity contribution < 1.29 is 4.79 Å². The molecule has 3 aromatic rings. The maximum absolute atomic E-state index is 12.7. The van der Waals surface area contributed by atoms with Crippen LogP contribution >= 0.6 is 11.8 Å². The fourth-order valence-corrected chi connectivity index (χ4v) is 4.49. The Labute approximate surface area is 163 Å². The van der Waals surface area contributed by atoms with E-state index in [0.717, 1.165) is 16.9 Å². The van der Waals surface area contributed by atoms with Gasteiger partial charge in [0.05, 0.1) is 5.92 Å². The van der Waals surface area contributed by atoms with Crippen LogP contribution in [-0.2, 0) is 4.79 Å². The van der Waals surface area contributed by atoms with Crippen LogP contribution in [0.4, 0.5) is 11.4 Å². The van der Waals surface area contributed by atoms with Crippen molar-refractivity contribution in [2.24, 2.45) is 10.9 Å². The first-order valence-electron chi connectivity index (χ1n) is 8.98. The monoisotopic (exact) mass is 372 g/mol. The molecule has 0 aliphatic carbocycles. The average Bonchev–Trinajstić information content (AvgIpc) is 2.73. The van der Waals surface area contributed by atoms with E-state index in [1.54, 1.807) is 11.8 Å². The normalized spacial score (nSPS) is 19.4. The van der Waals surface area contributed by atoms with Crippen molar-refractivity contribution in [1.29, 1.82) is 0 Å². The Morgan fingerprint density at radius 3 is 1.78 bits per heavy atom. The minimum atomic E-state index is -0.158. The number of benzene rings is 3. The van der Waals surface area contributed by atoms with E-state index in [9.17, 15) is 4.79 Å². The third-order valence-corrected chi connectivity index (χ3v) is 6.05. The maximum Gasteiger partial charge on any atom is 0.252 e. The molecule has 2 atom stereocenters. The van der Waals surface area contributed by atoms with Crippen LogP contribution in [-0.4, -0.2) is 11.1 Å². The fraction of sp³-hybridized carbons (Fsp3) is 0.130. The molecule has 3 aromatic carbocycles. The summed E-state index contributed by atoms with van der Waals surface area (Å²) in [7, 11) is 0. The molecule has 134 valence electrons. The standard InChI is InChI=1S/C23H20N2OS/c1-17-21(18-11-5-2-6-12-18)27-23(24-22(17)26)25(19-13-7-3-8-14-19)20-15-9-4-10-16-20/h2-17,21H,1H3. The zero-order valence-corrected chi connectivity index (χ0v) is 15.8. The Hall–Kier alpha value is -2.85. The smallest absolute Gasteiger partial charge is 0.252 e. The first-order chi connectivity index (χ1) is 13.2. The van der Waals surface area contributed by atoms with Gasteiger partial charge in [-0.15, -0.1) is 0 Å². The molecule has 4 rings (SSSR count). The molecule has 1 amide bonds. The van der Waals surface area contributed by atoms with Crippen LogP contribution in [0, 0.1) is 5.92 Å². The number of rotatable bonds is 3. The number of hydrogen-bond donors (Lipinski definition) is 0. The molecule has 2 unspecified atom stereocenters. The van der Waals surface area contributed by atoms with E-state index in [-0.39, 0.29) is 17.1 Å². The third-order valence-electron chi connectivity index (χ3n) is 4.63. The topological polar surface area (TPSA) is 32.7 Å². The average molecular weight is 372 g/mol. The van der Waals surface area contributed by atoms with Crippen LogP contribution in [0.15, 0.2) is 96.0 Å². The largest absolute Gasteiger partial charge is 0.289 e. The number of hydrogen-bond acceptors (Lipinski definition) is 3. The van der Waals surface area contributed by atoms with Gasteiger partial charge in [-0.05, 0) is 29.8 Å². The van der Waals surface area contributed by atoms with Crippen LogP contribution in [0.5, 0.6) is 0 Å². The molecule has 0 saturated carbocycles. The van der Waals surface area contributed by atoms with Crippen molar-refractivity contribution >= 4 is 34.2 Å². The van der Waals surface area contributed by atoms with E-state index < -0.39 is 0 Å². The summed E-state index contributed by atoms with van der Waals surface area (Å²) in [6, 6.07) is 30.3. The molecule has 0 fully saturated rings. The molecule has 27 heavy (non-hydrogen) atoms. The highest BCUT2D eigenvalue weighted by Crippen LogP contribution is 2.43. The summed E-state index contributed by atoms with van der Waals surface area (Å²) in [6.45, 7) is 1.96. The Morgan fingerprint density at radius 2 is 1.26 bits per heavy atom. The van der Waals surface area contributed by atoms with Gasteiger partial charge in [0, 0.05) is 16.6 Å². The molecule has 1 aliphatic rings. The minimum Gasteiger partial charge on any atom is -0.289 e. The second-order valence-electron chi connectivity index (χ2n) is 6.48. The number of para-hydroxylation sites is 2. The van der Waals surface area contributed by atoms with Crippen LogP contribution in [0.2, 0.25) is 0 Å². The van der Waals surface area contributed by atoms with Crippen molar-refractivity contribution in [2.75, 3.05) is 4.90 Å². The van der Waals surface area contributed by atoms with Gasteiger partial charge in [-0.25, -0.2) is 0 Å². The van der Waals surface area contributed by atoms with Gasteiger partial charge in [0.15, 0.2) is 5.17 Å². The molecule has 0 N–H and O–H groups in total. The van der Waals surface area contributed by atoms with Gasteiger partial charge in [0.1, 0.15) is 0 Å². The van der Waals surface area contributed by atoms with E-state index in [4.69, 9.17) is 0 Å². The number of carbonyl (C=O) groups is 1. The highest BCUT2D eigenvalue weighted by Gasteiger charge is 2.34. The number of thioether (sulfide) groups is 1. The van der Waals surface area contributed by atoms with Crippen LogP contribution in [0.1, 0.15) is 17.7 Å².